The Labute approximate surface area is 267 Å². The molecule has 2 aromatic carbocycles. The molecule has 8 unspecified atom stereocenters. The number of amides is 1. The van der Waals surface area contributed by atoms with Crippen molar-refractivity contribution in [2.75, 3.05) is 34.4 Å². The van der Waals surface area contributed by atoms with Crippen LogP contribution < -0.4 is 24.3 Å². The van der Waals surface area contributed by atoms with Crippen molar-refractivity contribution < 1.29 is 38.7 Å². The Kier molecular flexibility index (Phi) is 6.12. The maximum atomic E-state index is 12.3. The molecule has 10 nitrogen and oxygen atoms in total. The van der Waals surface area contributed by atoms with Crippen LogP contribution in [0.1, 0.15) is 35.1 Å². The first kappa shape index (κ1) is 28.5. The lowest BCUT2D eigenvalue weighted by Gasteiger charge is -2.56. The maximum Gasteiger partial charge on any atom is 0.409 e. The molecule has 242 valence electrons. The summed E-state index contributed by atoms with van der Waals surface area (Å²) in [5.41, 5.74) is 4.62. The number of benzene rings is 2. The summed E-state index contributed by atoms with van der Waals surface area (Å²) in [7, 11) is 4.74. The summed E-state index contributed by atoms with van der Waals surface area (Å²) in [6.07, 6.45) is 9.52. The molecule has 3 N–H and O–H groups in total. The molecule has 10 atom stereocenters. The van der Waals surface area contributed by atoms with Crippen LogP contribution in [0.3, 0.4) is 0 Å². The van der Waals surface area contributed by atoms with Crippen LogP contribution in [0.25, 0.3) is 0 Å². The van der Waals surface area contributed by atoms with Gasteiger partial charge in [0.25, 0.3) is 0 Å². The molecule has 10 heteroatoms. The fourth-order valence-electron chi connectivity index (χ4n) is 10.7. The molecule has 2 spiro atoms. The number of aliphatic hydroxyl groups excluding tert-OH is 2. The van der Waals surface area contributed by atoms with E-state index in [2.05, 4.69) is 29.6 Å². The SMILES string of the molecule is COC(=O)N1CC[C@]23c4c5ccc(OC)c4OC2C(O)C=CC3C1C5.COc1ccc2c3c1OC1C(O)C=CC4C(C2)NCC[C@@]341. The molecule has 2 fully saturated rings. The lowest BCUT2D eigenvalue weighted by molar-refractivity contribution is -0.0472. The van der Waals surface area contributed by atoms with Crippen molar-refractivity contribution in [2.24, 2.45) is 11.8 Å². The molecule has 10 rings (SSSR count). The lowest BCUT2D eigenvalue weighted by Crippen LogP contribution is -2.66. The van der Waals surface area contributed by atoms with Crippen LogP contribution in [-0.4, -0.2) is 92.1 Å². The number of carbonyl (C=O) groups is 1. The average molecular weight is 629 g/mol. The summed E-state index contributed by atoms with van der Waals surface area (Å²) >= 11 is 0. The molecule has 2 aromatic rings. The Hall–Kier alpha value is -3.73. The first-order valence-corrected chi connectivity index (χ1v) is 16.4. The van der Waals surface area contributed by atoms with E-state index in [0.717, 1.165) is 49.5 Å². The Balaban J connectivity index is 0.000000129. The molecule has 0 aromatic heterocycles. The normalized spacial score (nSPS) is 38.8. The summed E-state index contributed by atoms with van der Waals surface area (Å²) in [6.45, 7) is 1.59. The Bertz CT molecular complexity index is 1690. The van der Waals surface area contributed by atoms with E-state index in [-0.39, 0.29) is 41.1 Å². The zero-order valence-corrected chi connectivity index (χ0v) is 26.3. The molecular weight excluding hydrogens is 588 g/mol. The van der Waals surface area contributed by atoms with E-state index in [1.807, 2.05) is 29.2 Å². The monoisotopic (exact) mass is 628 g/mol. The van der Waals surface area contributed by atoms with Crippen LogP contribution in [0.4, 0.5) is 4.79 Å². The summed E-state index contributed by atoms with van der Waals surface area (Å²) in [4.78, 5) is 14.1. The minimum absolute atomic E-state index is 0.0166. The van der Waals surface area contributed by atoms with Crippen LogP contribution >= 0.6 is 0 Å². The highest BCUT2D eigenvalue weighted by Gasteiger charge is 2.66. The highest BCUT2D eigenvalue weighted by atomic mass is 16.5. The van der Waals surface area contributed by atoms with Gasteiger partial charge in [-0.25, -0.2) is 4.79 Å². The molecular formula is C36H40N2O8. The number of carbonyl (C=O) groups excluding carboxylic acids is 1. The summed E-state index contributed by atoms with van der Waals surface area (Å²) in [6, 6.07) is 8.62. The van der Waals surface area contributed by atoms with Crippen molar-refractivity contribution in [3.63, 3.8) is 0 Å². The fraction of sp³-hybridized carbons (Fsp3) is 0.528. The summed E-state index contributed by atoms with van der Waals surface area (Å²) in [5, 5.41) is 24.8. The van der Waals surface area contributed by atoms with Crippen LogP contribution in [0.2, 0.25) is 0 Å². The smallest absolute Gasteiger partial charge is 0.409 e. The predicted molar refractivity (Wildman–Crippen MR) is 167 cm³/mol. The zero-order valence-electron chi connectivity index (χ0n) is 26.3. The Morgan fingerprint density at radius 2 is 1.41 bits per heavy atom. The van der Waals surface area contributed by atoms with E-state index in [4.69, 9.17) is 23.7 Å². The molecule has 4 aliphatic heterocycles. The Morgan fingerprint density at radius 3 is 2.02 bits per heavy atom. The van der Waals surface area contributed by atoms with Crippen molar-refractivity contribution in [1.82, 2.24) is 10.2 Å². The van der Waals surface area contributed by atoms with Crippen LogP contribution in [-0.2, 0) is 28.4 Å². The van der Waals surface area contributed by atoms with Gasteiger partial charge in [-0.05, 0) is 55.5 Å². The molecule has 8 aliphatic rings. The summed E-state index contributed by atoms with van der Waals surface area (Å²) in [5.74, 6) is 3.65. The fourth-order valence-corrected chi connectivity index (χ4v) is 10.7. The van der Waals surface area contributed by atoms with E-state index >= 15 is 0 Å². The van der Waals surface area contributed by atoms with Gasteiger partial charge in [0.15, 0.2) is 23.0 Å². The molecule has 0 radical (unpaired) electrons. The second-order valence-electron chi connectivity index (χ2n) is 13.9. The van der Waals surface area contributed by atoms with Gasteiger partial charge in [-0.2, -0.15) is 0 Å². The molecule has 4 bridgehead atoms. The van der Waals surface area contributed by atoms with E-state index in [9.17, 15) is 15.0 Å². The number of methoxy groups -OCH3 is 3. The van der Waals surface area contributed by atoms with Crippen molar-refractivity contribution in [3.8, 4) is 23.0 Å². The second-order valence-corrected chi connectivity index (χ2v) is 13.9. The number of piperidine rings is 2. The van der Waals surface area contributed by atoms with E-state index in [1.165, 1.54) is 29.4 Å². The zero-order chi connectivity index (χ0) is 31.5. The molecule has 0 saturated carbocycles. The minimum atomic E-state index is -0.662. The number of hydrogen-bond acceptors (Lipinski definition) is 9. The number of likely N-dealkylation sites (tertiary alicyclic amines) is 1. The van der Waals surface area contributed by atoms with Crippen molar-refractivity contribution >= 4 is 6.09 Å². The molecule has 4 heterocycles. The number of aliphatic hydroxyl groups is 2. The molecule has 46 heavy (non-hydrogen) atoms. The number of rotatable bonds is 2. The first-order valence-electron chi connectivity index (χ1n) is 16.4. The largest absolute Gasteiger partial charge is 0.493 e. The molecule has 4 aliphatic carbocycles. The van der Waals surface area contributed by atoms with Gasteiger partial charge in [0.05, 0.1) is 21.3 Å². The van der Waals surface area contributed by atoms with E-state index < -0.39 is 12.2 Å². The quantitative estimate of drug-likeness (QED) is 0.432. The summed E-state index contributed by atoms with van der Waals surface area (Å²) < 4.78 is 28.6. The van der Waals surface area contributed by atoms with Gasteiger partial charge < -0.3 is 44.1 Å². The Morgan fingerprint density at radius 1 is 0.826 bits per heavy atom. The number of nitrogens with one attached hydrogen (secondary N) is 1. The third kappa shape index (κ3) is 3.39. The van der Waals surface area contributed by atoms with Crippen molar-refractivity contribution in [3.05, 3.63) is 70.8 Å². The minimum Gasteiger partial charge on any atom is -0.493 e. The van der Waals surface area contributed by atoms with Gasteiger partial charge in [0.2, 0.25) is 0 Å². The van der Waals surface area contributed by atoms with E-state index in [1.54, 1.807) is 14.2 Å². The number of hydrogen-bond donors (Lipinski definition) is 3. The van der Waals surface area contributed by atoms with Crippen molar-refractivity contribution in [2.45, 2.75) is 73.0 Å². The van der Waals surface area contributed by atoms with Crippen LogP contribution in [0.15, 0.2) is 48.6 Å². The highest BCUT2D eigenvalue weighted by molar-refractivity contribution is 5.70. The number of ether oxygens (including phenoxy) is 5. The van der Waals surface area contributed by atoms with Crippen molar-refractivity contribution in [1.29, 1.82) is 0 Å². The van der Waals surface area contributed by atoms with Gasteiger partial charge in [-0.15, -0.1) is 0 Å². The van der Waals surface area contributed by atoms with Crippen LogP contribution in [0.5, 0.6) is 23.0 Å². The topological polar surface area (TPSA) is 119 Å². The predicted octanol–water partition coefficient (Wildman–Crippen LogP) is 2.80. The third-order valence-electron chi connectivity index (χ3n) is 12.4. The highest BCUT2D eigenvalue weighted by Crippen LogP contribution is 2.63. The standard InChI is InChI=1S/C19H21NO5.C17H19NO3/c1-23-14-6-3-10-9-12-11-4-5-13(21)17-19(11,15(10)16(14)25-17)7-8-20(12)18(22)24-2;1-20-13-5-2-9-8-11-10-3-4-12(19)16-17(10,6-7-18-11)14(9)15(13)21-16/h3-6,11-13,17,21H,7-9H2,1-2H3;2-5,10-12,16,18-19H,6-8H2,1H3/t11?,12?,13?,17?,19-;10?,11?,12?,16?,17-/m00/s1. The van der Waals surface area contributed by atoms with Gasteiger partial charge in [-0.1, -0.05) is 36.4 Å². The van der Waals surface area contributed by atoms with Gasteiger partial charge in [0, 0.05) is 52.4 Å². The lowest BCUT2D eigenvalue weighted by atomic mass is 9.53. The van der Waals surface area contributed by atoms with Gasteiger partial charge >= 0.3 is 6.09 Å². The van der Waals surface area contributed by atoms with Gasteiger partial charge in [0.1, 0.15) is 24.4 Å². The average Bonchev–Trinajstić information content (AvgIpc) is 3.60. The van der Waals surface area contributed by atoms with Crippen LogP contribution in [0, 0.1) is 11.8 Å². The maximum absolute atomic E-state index is 12.3. The molecule has 1 amide bonds. The first-order chi connectivity index (χ1) is 22.4. The van der Waals surface area contributed by atoms with Gasteiger partial charge in [-0.3, -0.25) is 0 Å². The second kappa shape index (κ2) is 9.89. The van der Waals surface area contributed by atoms with E-state index in [0.29, 0.717) is 24.3 Å². The molecule has 2 saturated heterocycles. The number of nitrogens with zero attached hydrogens (tertiary/aromatic N) is 1. The third-order valence-corrected chi connectivity index (χ3v) is 12.4.